The summed E-state index contributed by atoms with van der Waals surface area (Å²) in [7, 11) is 1.69. The molecule has 2 rings (SSSR count). The van der Waals surface area contributed by atoms with E-state index in [2.05, 4.69) is 29.1 Å². The normalized spacial score (nSPS) is 17.2. The summed E-state index contributed by atoms with van der Waals surface area (Å²) in [6.45, 7) is 5.70. The fourth-order valence-corrected chi connectivity index (χ4v) is 1.67. The second-order valence-corrected chi connectivity index (χ2v) is 4.59. The van der Waals surface area contributed by atoms with Crippen LogP contribution in [0.3, 0.4) is 0 Å². The van der Waals surface area contributed by atoms with E-state index in [0.717, 1.165) is 23.9 Å². The minimum absolute atomic E-state index is 0.202. The van der Waals surface area contributed by atoms with Crippen molar-refractivity contribution >= 4 is 5.82 Å². The number of rotatable bonds is 5. The number of nitrogens with one attached hydrogen (secondary N) is 1. The van der Waals surface area contributed by atoms with Crippen molar-refractivity contribution in [3.8, 4) is 0 Å². The zero-order chi connectivity index (χ0) is 11.6. The van der Waals surface area contributed by atoms with Crippen molar-refractivity contribution in [3.63, 3.8) is 0 Å². The van der Waals surface area contributed by atoms with Crippen LogP contribution in [0, 0.1) is 0 Å². The maximum absolute atomic E-state index is 5.13. The lowest BCUT2D eigenvalue weighted by Crippen LogP contribution is -2.12. The first-order chi connectivity index (χ1) is 7.68. The summed E-state index contributed by atoms with van der Waals surface area (Å²) in [5, 5.41) is 3.24. The number of hydrogen-bond donors (Lipinski definition) is 1. The first-order valence-corrected chi connectivity index (χ1v) is 5.79. The van der Waals surface area contributed by atoms with Gasteiger partial charge in [-0.05, 0) is 19.8 Å². The molecule has 1 aliphatic rings. The quantitative estimate of drug-likeness (QED) is 0.827. The van der Waals surface area contributed by atoms with Crippen molar-refractivity contribution in [3.05, 3.63) is 17.6 Å². The summed E-state index contributed by atoms with van der Waals surface area (Å²) in [5.41, 5.74) is 1.16. The summed E-state index contributed by atoms with van der Waals surface area (Å²) in [5.74, 6) is 1.87. The molecule has 4 nitrogen and oxygen atoms in total. The number of ether oxygens (including phenoxy) is 1. The predicted octanol–water partition coefficient (Wildman–Crippen LogP) is 2.11. The SMILES string of the molecule is CCNc1cc(COC)nc(C2(C)CC2)n1. The molecule has 1 aromatic heterocycles. The van der Waals surface area contributed by atoms with Crippen LogP contribution in [0.15, 0.2) is 6.07 Å². The molecular formula is C12H19N3O. The van der Waals surface area contributed by atoms with Gasteiger partial charge in [-0.15, -0.1) is 0 Å². The second kappa shape index (κ2) is 4.37. The van der Waals surface area contributed by atoms with Gasteiger partial charge in [-0.2, -0.15) is 0 Å². The molecule has 1 aromatic rings. The number of anilines is 1. The van der Waals surface area contributed by atoms with Gasteiger partial charge in [0.15, 0.2) is 0 Å². The van der Waals surface area contributed by atoms with Gasteiger partial charge in [-0.3, -0.25) is 0 Å². The molecule has 0 bridgehead atoms. The molecule has 88 valence electrons. The first kappa shape index (κ1) is 11.3. The van der Waals surface area contributed by atoms with Gasteiger partial charge < -0.3 is 10.1 Å². The lowest BCUT2D eigenvalue weighted by Gasteiger charge is -2.12. The molecule has 4 heteroatoms. The lowest BCUT2D eigenvalue weighted by molar-refractivity contribution is 0.181. The Kier molecular flexibility index (Phi) is 3.10. The monoisotopic (exact) mass is 221 g/mol. The highest BCUT2D eigenvalue weighted by Gasteiger charge is 2.42. The summed E-state index contributed by atoms with van der Waals surface area (Å²) in [6.07, 6.45) is 2.38. The summed E-state index contributed by atoms with van der Waals surface area (Å²) in [4.78, 5) is 9.12. The van der Waals surface area contributed by atoms with Crippen LogP contribution in [0.25, 0.3) is 0 Å². The largest absolute Gasteiger partial charge is 0.378 e. The van der Waals surface area contributed by atoms with Gasteiger partial charge in [0, 0.05) is 25.1 Å². The molecule has 1 saturated carbocycles. The summed E-state index contributed by atoms with van der Waals surface area (Å²) in [6, 6.07) is 1.96. The van der Waals surface area contributed by atoms with E-state index in [-0.39, 0.29) is 5.41 Å². The topological polar surface area (TPSA) is 47.0 Å². The van der Waals surface area contributed by atoms with Crippen molar-refractivity contribution in [2.24, 2.45) is 0 Å². The molecule has 0 radical (unpaired) electrons. The van der Waals surface area contributed by atoms with Gasteiger partial charge >= 0.3 is 0 Å². The maximum Gasteiger partial charge on any atom is 0.136 e. The Morgan fingerprint density at radius 2 is 2.19 bits per heavy atom. The van der Waals surface area contributed by atoms with E-state index in [0.29, 0.717) is 6.61 Å². The number of hydrogen-bond acceptors (Lipinski definition) is 4. The standard InChI is InChI=1S/C12H19N3O/c1-4-13-10-7-9(8-16-3)14-11(15-10)12(2)5-6-12/h7H,4-6,8H2,1-3H3,(H,13,14,15). The van der Waals surface area contributed by atoms with Crippen LogP contribution in [0.5, 0.6) is 0 Å². The molecule has 1 N–H and O–H groups in total. The van der Waals surface area contributed by atoms with Crippen LogP contribution in [0.4, 0.5) is 5.82 Å². The Morgan fingerprint density at radius 1 is 1.44 bits per heavy atom. The van der Waals surface area contributed by atoms with Crippen LogP contribution >= 0.6 is 0 Å². The van der Waals surface area contributed by atoms with Crippen molar-refractivity contribution in [1.29, 1.82) is 0 Å². The van der Waals surface area contributed by atoms with Crippen LogP contribution in [0.1, 0.15) is 38.2 Å². The third-order valence-corrected chi connectivity index (χ3v) is 2.97. The van der Waals surface area contributed by atoms with Crippen molar-refractivity contribution in [1.82, 2.24) is 9.97 Å². The Bertz CT molecular complexity index is 350. The lowest BCUT2D eigenvalue weighted by atomic mass is 10.1. The molecule has 0 saturated heterocycles. The van der Waals surface area contributed by atoms with E-state index in [1.807, 2.05) is 6.07 Å². The fraction of sp³-hybridized carbons (Fsp3) is 0.667. The number of aromatic nitrogens is 2. The predicted molar refractivity (Wildman–Crippen MR) is 63.5 cm³/mol. The first-order valence-electron chi connectivity index (χ1n) is 5.79. The van der Waals surface area contributed by atoms with E-state index in [1.54, 1.807) is 7.11 Å². The Balaban J connectivity index is 2.29. The van der Waals surface area contributed by atoms with Crippen molar-refractivity contribution in [2.45, 2.75) is 38.7 Å². The van der Waals surface area contributed by atoms with Gasteiger partial charge in [0.1, 0.15) is 11.6 Å². The van der Waals surface area contributed by atoms with Gasteiger partial charge in [0.25, 0.3) is 0 Å². The highest BCUT2D eigenvalue weighted by atomic mass is 16.5. The van der Waals surface area contributed by atoms with Gasteiger partial charge in [-0.25, -0.2) is 9.97 Å². The number of methoxy groups -OCH3 is 1. The van der Waals surface area contributed by atoms with E-state index >= 15 is 0 Å². The molecule has 0 aliphatic heterocycles. The summed E-state index contributed by atoms with van der Waals surface area (Å²) < 4.78 is 5.13. The highest BCUT2D eigenvalue weighted by Crippen LogP contribution is 2.46. The van der Waals surface area contributed by atoms with E-state index in [9.17, 15) is 0 Å². The molecule has 0 aromatic carbocycles. The zero-order valence-corrected chi connectivity index (χ0v) is 10.2. The van der Waals surface area contributed by atoms with Gasteiger partial charge in [0.05, 0.1) is 12.3 Å². The molecule has 0 atom stereocenters. The fourth-order valence-electron chi connectivity index (χ4n) is 1.67. The molecule has 0 amide bonds. The minimum atomic E-state index is 0.202. The Labute approximate surface area is 96.4 Å². The van der Waals surface area contributed by atoms with Crippen LogP contribution in [-0.2, 0) is 16.8 Å². The minimum Gasteiger partial charge on any atom is -0.378 e. The summed E-state index contributed by atoms with van der Waals surface area (Å²) >= 11 is 0. The average Bonchev–Trinajstić information content (AvgIpc) is 2.99. The zero-order valence-electron chi connectivity index (χ0n) is 10.2. The second-order valence-electron chi connectivity index (χ2n) is 4.59. The number of nitrogens with zero attached hydrogens (tertiary/aromatic N) is 2. The van der Waals surface area contributed by atoms with Gasteiger partial charge in [0.2, 0.25) is 0 Å². The van der Waals surface area contributed by atoms with Crippen LogP contribution < -0.4 is 5.32 Å². The Morgan fingerprint density at radius 3 is 2.75 bits per heavy atom. The van der Waals surface area contributed by atoms with E-state index < -0.39 is 0 Å². The third kappa shape index (κ3) is 2.32. The van der Waals surface area contributed by atoms with Crippen molar-refractivity contribution in [2.75, 3.05) is 19.0 Å². The maximum atomic E-state index is 5.13. The average molecular weight is 221 g/mol. The molecule has 1 fully saturated rings. The van der Waals surface area contributed by atoms with Gasteiger partial charge in [-0.1, -0.05) is 6.92 Å². The molecule has 16 heavy (non-hydrogen) atoms. The molecule has 1 aliphatic carbocycles. The van der Waals surface area contributed by atoms with Crippen LogP contribution in [0.2, 0.25) is 0 Å². The van der Waals surface area contributed by atoms with E-state index in [1.165, 1.54) is 12.8 Å². The van der Waals surface area contributed by atoms with E-state index in [4.69, 9.17) is 4.74 Å². The third-order valence-electron chi connectivity index (χ3n) is 2.97. The molecular weight excluding hydrogens is 202 g/mol. The molecule has 0 spiro atoms. The molecule has 1 heterocycles. The van der Waals surface area contributed by atoms with Crippen LogP contribution in [-0.4, -0.2) is 23.6 Å². The molecule has 0 unspecified atom stereocenters. The Hall–Kier alpha value is -1.16. The smallest absolute Gasteiger partial charge is 0.136 e. The highest BCUT2D eigenvalue weighted by molar-refractivity contribution is 5.37. The van der Waals surface area contributed by atoms with Crippen molar-refractivity contribution < 1.29 is 4.74 Å².